The van der Waals surface area contributed by atoms with Crippen LogP contribution in [0, 0.1) is 18.6 Å². The van der Waals surface area contributed by atoms with Crippen LogP contribution in [0.1, 0.15) is 38.2 Å². The number of aromatic nitrogens is 5. The van der Waals surface area contributed by atoms with E-state index in [4.69, 9.17) is 4.74 Å². The second-order valence-electron chi connectivity index (χ2n) is 10.2. The van der Waals surface area contributed by atoms with Gasteiger partial charge in [-0.15, -0.1) is 0 Å². The summed E-state index contributed by atoms with van der Waals surface area (Å²) in [4.78, 5) is 19.4. The molecule has 11 heteroatoms. The van der Waals surface area contributed by atoms with Gasteiger partial charge >= 0.3 is 0 Å². The first-order valence-corrected chi connectivity index (χ1v) is 12.6. The number of nitrogens with one attached hydrogen (secondary N) is 1. The van der Waals surface area contributed by atoms with Crippen LogP contribution < -0.4 is 5.32 Å². The third-order valence-corrected chi connectivity index (χ3v) is 6.68. The fourth-order valence-electron chi connectivity index (χ4n) is 4.90. The van der Waals surface area contributed by atoms with E-state index in [1.807, 2.05) is 38.3 Å². The molecule has 4 aromatic rings. The molecule has 0 saturated carbocycles. The molecule has 5 rings (SSSR count). The molecule has 0 spiro atoms. The molecule has 1 atom stereocenters. The van der Waals surface area contributed by atoms with Crippen molar-refractivity contribution in [3.8, 4) is 11.3 Å². The van der Waals surface area contributed by atoms with Gasteiger partial charge in [0.1, 0.15) is 28.5 Å². The number of aryl methyl sites for hydroxylation is 1. The Hall–Kier alpha value is -3.54. The third-order valence-electron chi connectivity index (χ3n) is 6.68. The van der Waals surface area contributed by atoms with Crippen molar-refractivity contribution in [3.05, 3.63) is 59.7 Å². The Morgan fingerprint density at radius 1 is 1.13 bits per heavy atom. The number of rotatable bonds is 7. The van der Waals surface area contributed by atoms with E-state index < -0.39 is 17.2 Å². The van der Waals surface area contributed by atoms with Crippen LogP contribution in [-0.2, 0) is 11.3 Å². The molecular weight excluding hydrogens is 492 g/mol. The topological polar surface area (TPSA) is 101 Å². The zero-order valence-electron chi connectivity index (χ0n) is 21.9. The maximum atomic E-state index is 14.9. The first kappa shape index (κ1) is 26.1. The van der Waals surface area contributed by atoms with Crippen LogP contribution >= 0.6 is 0 Å². The van der Waals surface area contributed by atoms with Gasteiger partial charge in [0, 0.05) is 37.4 Å². The van der Waals surface area contributed by atoms with Crippen LogP contribution in [0.2, 0.25) is 0 Å². The molecule has 200 valence electrons. The molecule has 1 unspecified atom stereocenters. The summed E-state index contributed by atoms with van der Waals surface area (Å²) in [6.07, 6.45) is 2.81. The predicted molar refractivity (Wildman–Crippen MR) is 140 cm³/mol. The number of halogens is 2. The molecule has 3 aromatic heterocycles. The van der Waals surface area contributed by atoms with Crippen molar-refractivity contribution in [1.82, 2.24) is 29.4 Å². The summed E-state index contributed by atoms with van der Waals surface area (Å²) in [6.45, 7) is 10.3. The van der Waals surface area contributed by atoms with Crippen molar-refractivity contribution in [1.29, 1.82) is 0 Å². The SMILES string of the molecule is Cc1nc2c(F)cc(-c3nc(Nc4ccc(CN5CCOC(C)(CO)C5)cn4)ncc3F)cc2n1C(C)C. The summed E-state index contributed by atoms with van der Waals surface area (Å²) in [5.74, 6) is 0.114. The Kier molecular flexibility index (Phi) is 7.08. The highest BCUT2D eigenvalue weighted by atomic mass is 19.1. The molecule has 0 bridgehead atoms. The number of aliphatic hydroxyl groups excluding tert-OH is 1. The van der Waals surface area contributed by atoms with Crippen molar-refractivity contribution >= 4 is 22.8 Å². The maximum absolute atomic E-state index is 14.9. The van der Waals surface area contributed by atoms with E-state index in [1.54, 1.807) is 18.3 Å². The van der Waals surface area contributed by atoms with Crippen molar-refractivity contribution in [2.45, 2.75) is 45.9 Å². The standard InChI is InChI=1S/C27H31F2N7O2/c1-16(2)36-17(3)32-25-20(28)9-19(10-22(25)36)24-21(29)12-31-26(34-24)33-23-6-5-18(11-30-23)13-35-7-8-38-27(4,14-35)15-37/h5-6,9-12,16,37H,7-8,13-15H2,1-4H3,(H,30,31,33,34). The first-order chi connectivity index (χ1) is 18.2. The summed E-state index contributed by atoms with van der Waals surface area (Å²) in [5, 5.41) is 12.6. The number of anilines is 2. The Morgan fingerprint density at radius 2 is 1.95 bits per heavy atom. The number of benzene rings is 1. The lowest BCUT2D eigenvalue weighted by atomic mass is 10.1. The van der Waals surface area contributed by atoms with Gasteiger partial charge in [0.25, 0.3) is 0 Å². The molecule has 38 heavy (non-hydrogen) atoms. The average Bonchev–Trinajstić information content (AvgIpc) is 3.23. The van der Waals surface area contributed by atoms with Crippen molar-refractivity contribution in [2.24, 2.45) is 0 Å². The third kappa shape index (κ3) is 5.22. The number of hydrogen-bond acceptors (Lipinski definition) is 8. The van der Waals surface area contributed by atoms with Gasteiger partial charge in [-0.1, -0.05) is 6.07 Å². The molecule has 1 aromatic carbocycles. The van der Waals surface area contributed by atoms with E-state index in [0.717, 1.165) is 18.3 Å². The summed E-state index contributed by atoms with van der Waals surface area (Å²) in [6, 6.07) is 6.73. The molecule has 0 amide bonds. The summed E-state index contributed by atoms with van der Waals surface area (Å²) in [7, 11) is 0. The molecule has 1 saturated heterocycles. The lowest BCUT2D eigenvalue weighted by molar-refractivity contribution is -0.123. The van der Waals surface area contributed by atoms with Crippen LogP contribution in [0.5, 0.6) is 0 Å². The van der Waals surface area contributed by atoms with Gasteiger partial charge in [0.15, 0.2) is 11.6 Å². The quantitative estimate of drug-likeness (QED) is 0.368. The number of pyridine rings is 1. The minimum Gasteiger partial charge on any atom is -0.393 e. The smallest absolute Gasteiger partial charge is 0.229 e. The van der Waals surface area contributed by atoms with E-state index in [1.165, 1.54) is 6.07 Å². The second-order valence-corrected chi connectivity index (χ2v) is 10.2. The molecule has 2 N–H and O–H groups in total. The fraction of sp³-hybridized carbons (Fsp3) is 0.407. The van der Waals surface area contributed by atoms with Gasteiger partial charge < -0.3 is 19.7 Å². The predicted octanol–water partition coefficient (Wildman–Crippen LogP) is 4.38. The van der Waals surface area contributed by atoms with Crippen LogP contribution in [0.15, 0.2) is 36.7 Å². The largest absolute Gasteiger partial charge is 0.393 e. The molecule has 9 nitrogen and oxygen atoms in total. The van der Waals surface area contributed by atoms with E-state index >= 15 is 0 Å². The summed E-state index contributed by atoms with van der Waals surface area (Å²) < 4.78 is 37.3. The number of aliphatic hydroxyl groups is 1. The summed E-state index contributed by atoms with van der Waals surface area (Å²) in [5.41, 5.74) is 1.54. The zero-order chi connectivity index (χ0) is 27.0. The van der Waals surface area contributed by atoms with Gasteiger partial charge in [0.05, 0.1) is 24.9 Å². The highest BCUT2D eigenvalue weighted by molar-refractivity contribution is 5.83. The minimum atomic E-state index is -0.662. The summed E-state index contributed by atoms with van der Waals surface area (Å²) >= 11 is 0. The number of imidazole rings is 1. The number of fused-ring (bicyclic) bond motifs is 1. The Labute approximate surface area is 219 Å². The molecule has 4 heterocycles. The van der Waals surface area contributed by atoms with Crippen LogP contribution in [-0.4, -0.2) is 66.4 Å². The van der Waals surface area contributed by atoms with Crippen LogP contribution in [0.25, 0.3) is 22.3 Å². The van der Waals surface area contributed by atoms with Crippen LogP contribution in [0.4, 0.5) is 20.5 Å². The Balaban J connectivity index is 1.36. The molecule has 1 fully saturated rings. The average molecular weight is 524 g/mol. The van der Waals surface area contributed by atoms with Gasteiger partial charge in [-0.25, -0.2) is 28.7 Å². The molecule has 1 aliphatic heterocycles. The van der Waals surface area contributed by atoms with E-state index in [0.29, 0.717) is 42.4 Å². The highest BCUT2D eigenvalue weighted by Gasteiger charge is 2.31. The minimum absolute atomic E-state index is 0.0201. The number of nitrogens with zero attached hydrogens (tertiary/aromatic N) is 6. The molecule has 0 radical (unpaired) electrons. The second kappa shape index (κ2) is 10.3. The van der Waals surface area contributed by atoms with Gasteiger partial charge in [-0.2, -0.15) is 0 Å². The maximum Gasteiger partial charge on any atom is 0.229 e. The molecule has 1 aliphatic rings. The molecule has 0 aliphatic carbocycles. The lowest BCUT2D eigenvalue weighted by Gasteiger charge is -2.39. The lowest BCUT2D eigenvalue weighted by Crippen LogP contribution is -2.51. The first-order valence-electron chi connectivity index (χ1n) is 12.6. The van der Waals surface area contributed by atoms with E-state index in [-0.39, 0.29) is 29.8 Å². The Morgan fingerprint density at radius 3 is 2.66 bits per heavy atom. The van der Waals surface area contributed by atoms with Gasteiger partial charge in [-0.3, -0.25) is 4.90 Å². The van der Waals surface area contributed by atoms with Crippen molar-refractivity contribution < 1.29 is 18.6 Å². The zero-order valence-corrected chi connectivity index (χ0v) is 21.9. The normalized spacial score (nSPS) is 18.4. The van der Waals surface area contributed by atoms with Crippen molar-refractivity contribution in [2.75, 3.05) is 31.6 Å². The number of hydrogen-bond donors (Lipinski definition) is 2. The van der Waals surface area contributed by atoms with E-state index in [9.17, 15) is 13.9 Å². The number of ether oxygens (including phenoxy) is 1. The van der Waals surface area contributed by atoms with E-state index in [2.05, 4.69) is 30.2 Å². The monoisotopic (exact) mass is 523 g/mol. The van der Waals surface area contributed by atoms with Crippen LogP contribution in [0.3, 0.4) is 0 Å². The van der Waals surface area contributed by atoms with Crippen molar-refractivity contribution in [3.63, 3.8) is 0 Å². The van der Waals surface area contributed by atoms with Gasteiger partial charge in [0.2, 0.25) is 5.95 Å². The highest BCUT2D eigenvalue weighted by Crippen LogP contribution is 2.30. The fourth-order valence-corrected chi connectivity index (χ4v) is 4.90. The Bertz CT molecular complexity index is 1460. The van der Waals surface area contributed by atoms with Gasteiger partial charge in [-0.05, 0) is 51.5 Å². The number of morpholine rings is 1. The molecular formula is C27H31F2N7O2.